The second kappa shape index (κ2) is 5.47. The second-order valence-corrected chi connectivity index (χ2v) is 4.30. The van der Waals surface area contributed by atoms with E-state index in [9.17, 15) is 4.39 Å². The summed E-state index contributed by atoms with van der Waals surface area (Å²) < 4.78 is 14.0. The first-order valence-electron chi connectivity index (χ1n) is 4.75. The number of hydrogen-bond acceptors (Lipinski definition) is 1. The Bertz CT molecular complexity index is 301. The molecule has 0 aliphatic heterocycles. The third-order valence-electron chi connectivity index (χ3n) is 2.37. The summed E-state index contributed by atoms with van der Waals surface area (Å²) in [5.74, 6) is -0.129. The van der Waals surface area contributed by atoms with Gasteiger partial charge in [-0.1, -0.05) is 12.1 Å². The van der Waals surface area contributed by atoms with Gasteiger partial charge in [-0.15, -0.1) is 0 Å². The largest absolute Gasteiger partial charge is 0.317 e. The Balaban J connectivity index is 2.63. The molecule has 1 aromatic carbocycles. The number of hydrogen-bond donors (Lipinski definition) is 1. The number of rotatable bonds is 4. The maximum atomic E-state index is 13.5. The third kappa shape index (κ3) is 3.07. The summed E-state index contributed by atoms with van der Waals surface area (Å²) in [4.78, 5) is 0. The predicted molar refractivity (Wildman–Crippen MR) is 60.9 cm³/mol. The second-order valence-electron chi connectivity index (χ2n) is 3.44. The highest BCUT2D eigenvalue weighted by molar-refractivity contribution is 9.10. The third-order valence-corrected chi connectivity index (χ3v) is 2.98. The van der Waals surface area contributed by atoms with Crippen molar-refractivity contribution in [1.82, 2.24) is 5.32 Å². The summed E-state index contributed by atoms with van der Waals surface area (Å²) in [5.41, 5.74) is 0.779. The Morgan fingerprint density at radius 3 is 2.86 bits per heavy atom. The van der Waals surface area contributed by atoms with E-state index in [4.69, 9.17) is 0 Å². The number of nitrogens with one attached hydrogen (secondary N) is 1. The quantitative estimate of drug-likeness (QED) is 0.877. The molecule has 0 saturated heterocycles. The van der Waals surface area contributed by atoms with Crippen molar-refractivity contribution in [1.29, 1.82) is 0 Å². The summed E-state index contributed by atoms with van der Waals surface area (Å²) >= 11 is 3.18. The van der Waals surface area contributed by atoms with E-state index in [1.807, 2.05) is 19.2 Å². The van der Waals surface area contributed by atoms with E-state index in [1.165, 1.54) is 0 Å². The summed E-state index contributed by atoms with van der Waals surface area (Å²) in [6.07, 6.45) is 1.72. The molecule has 0 fully saturated rings. The molecule has 0 amide bonds. The van der Waals surface area contributed by atoms with Gasteiger partial charge in [0.1, 0.15) is 5.82 Å². The number of halogens is 2. The van der Waals surface area contributed by atoms with Gasteiger partial charge in [0.15, 0.2) is 0 Å². The van der Waals surface area contributed by atoms with E-state index >= 15 is 0 Å². The Morgan fingerprint density at radius 1 is 1.50 bits per heavy atom. The molecular weight excluding hydrogens is 245 g/mol. The van der Waals surface area contributed by atoms with Crippen LogP contribution in [-0.2, 0) is 6.42 Å². The summed E-state index contributed by atoms with van der Waals surface area (Å²) in [6, 6.07) is 5.85. The smallest absolute Gasteiger partial charge is 0.140 e. The maximum absolute atomic E-state index is 13.5. The van der Waals surface area contributed by atoms with Gasteiger partial charge in [-0.3, -0.25) is 0 Å². The molecule has 1 rings (SSSR count). The lowest BCUT2D eigenvalue weighted by atomic mass is 10.1. The molecule has 14 heavy (non-hydrogen) atoms. The Morgan fingerprint density at radius 2 is 2.21 bits per heavy atom. The lowest BCUT2D eigenvalue weighted by Crippen LogP contribution is -2.21. The zero-order valence-electron chi connectivity index (χ0n) is 8.48. The van der Waals surface area contributed by atoms with Crippen LogP contribution in [0.25, 0.3) is 0 Å². The zero-order valence-corrected chi connectivity index (χ0v) is 10.1. The van der Waals surface area contributed by atoms with Crippen molar-refractivity contribution in [3.8, 4) is 0 Å². The van der Waals surface area contributed by atoms with Gasteiger partial charge < -0.3 is 5.32 Å². The highest BCUT2D eigenvalue weighted by Crippen LogP contribution is 2.19. The number of benzene rings is 1. The molecule has 0 aromatic heterocycles. The van der Waals surface area contributed by atoms with Crippen LogP contribution in [0.1, 0.15) is 18.9 Å². The van der Waals surface area contributed by atoms with Gasteiger partial charge in [0.25, 0.3) is 0 Å². The molecule has 78 valence electrons. The van der Waals surface area contributed by atoms with E-state index in [2.05, 4.69) is 28.2 Å². The molecule has 0 aliphatic rings. The van der Waals surface area contributed by atoms with Gasteiger partial charge in [0.2, 0.25) is 0 Å². The van der Waals surface area contributed by atoms with E-state index in [0.29, 0.717) is 10.5 Å². The van der Waals surface area contributed by atoms with Crippen LogP contribution in [0.2, 0.25) is 0 Å². The van der Waals surface area contributed by atoms with Gasteiger partial charge in [0.05, 0.1) is 4.47 Å². The molecule has 0 bridgehead atoms. The Hall–Kier alpha value is -0.410. The fraction of sp³-hybridized carbons (Fsp3) is 0.455. The molecule has 1 unspecified atom stereocenters. The topological polar surface area (TPSA) is 12.0 Å². The minimum atomic E-state index is -0.129. The van der Waals surface area contributed by atoms with Crippen molar-refractivity contribution in [2.45, 2.75) is 25.8 Å². The highest BCUT2D eigenvalue weighted by atomic mass is 79.9. The first-order chi connectivity index (χ1) is 6.65. The van der Waals surface area contributed by atoms with Crippen molar-refractivity contribution in [3.05, 3.63) is 34.1 Å². The molecule has 0 heterocycles. The molecule has 3 heteroatoms. The molecule has 1 atom stereocenters. The van der Waals surface area contributed by atoms with Crippen molar-refractivity contribution in [2.75, 3.05) is 7.05 Å². The lowest BCUT2D eigenvalue weighted by Gasteiger charge is -2.10. The first-order valence-corrected chi connectivity index (χ1v) is 5.54. The van der Waals surface area contributed by atoms with Crippen LogP contribution in [0.15, 0.2) is 22.7 Å². The fourth-order valence-corrected chi connectivity index (χ4v) is 1.67. The highest BCUT2D eigenvalue weighted by Gasteiger charge is 2.06. The SMILES string of the molecule is CNC(C)CCc1cccc(Br)c1F. The van der Waals surface area contributed by atoms with Crippen molar-refractivity contribution in [3.63, 3.8) is 0 Å². The minimum Gasteiger partial charge on any atom is -0.317 e. The van der Waals surface area contributed by atoms with Gasteiger partial charge in [-0.25, -0.2) is 4.39 Å². The maximum Gasteiger partial charge on any atom is 0.140 e. The van der Waals surface area contributed by atoms with E-state index in [0.717, 1.165) is 18.4 Å². The normalized spacial score (nSPS) is 12.9. The monoisotopic (exact) mass is 259 g/mol. The fourth-order valence-electron chi connectivity index (χ4n) is 1.26. The molecule has 1 N–H and O–H groups in total. The molecular formula is C11H15BrFN. The van der Waals surface area contributed by atoms with Crippen LogP contribution >= 0.6 is 15.9 Å². The summed E-state index contributed by atoms with van der Waals surface area (Å²) in [6.45, 7) is 2.09. The van der Waals surface area contributed by atoms with Crippen LogP contribution in [0.3, 0.4) is 0 Å². The standard InChI is InChI=1S/C11H15BrFN/c1-8(14-2)6-7-9-4-3-5-10(12)11(9)13/h3-5,8,14H,6-7H2,1-2H3. The van der Waals surface area contributed by atoms with Gasteiger partial charge >= 0.3 is 0 Å². The lowest BCUT2D eigenvalue weighted by molar-refractivity contribution is 0.545. The molecule has 0 radical (unpaired) electrons. The molecule has 1 aromatic rings. The average molecular weight is 260 g/mol. The average Bonchev–Trinajstić information content (AvgIpc) is 2.20. The Kier molecular flexibility index (Phi) is 4.55. The molecule has 0 aliphatic carbocycles. The van der Waals surface area contributed by atoms with Crippen LogP contribution in [0.5, 0.6) is 0 Å². The zero-order chi connectivity index (χ0) is 10.6. The van der Waals surface area contributed by atoms with Crippen molar-refractivity contribution >= 4 is 15.9 Å². The predicted octanol–water partition coefficient (Wildman–Crippen LogP) is 3.13. The molecule has 0 saturated carbocycles. The van der Waals surface area contributed by atoms with Crippen LogP contribution in [0, 0.1) is 5.82 Å². The van der Waals surface area contributed by atoms with Crippen LogP contribution in [-0.4, -0.2) is 13.1 Å². The van der Waals surface area contributed by atoms with Crippen molar-refractivity contribution in [2.24, 2.45) is 0 Å². The van der Waals surface area contributed by atoms with Gasteiger partial charge in [-0.2, -0.15) is 0 Å². The van der Waals surface area contributed by atoms with E-state index in [-0.39, 0.29) is 5.82 Å². The van der Waals surface area contributed by atoms with Crippen LogP contribution < -0.4 is 5.32 Å². The summed E-state index contributed by atoms with van der Waals surface area (Å²) in [7, 11) is 1.92. The van der Waals surface area contributed by atoms with Crippen molar-refractivity contribution < 1.29 is 4.39 Å². The number of aryl methyl sites for hydroxylation is 1. The first kappa shape index (κ1) is 11.7. The Labute approximate surface area is 92.8 Å². The van der Waals surface area contributed by atoms with Gasteiger partial charge in [-0.05, 0) is 54.4 Å². The van der Waals surface area contributed by atoms with Gasteiger partial charge in [0, 0.05) is 6.04 Å². The molecule has 1 nitrogen and oxygen atoms in total. The molecule has 0 spiro atoms. The van der Waals surface area contributed by atoms with E-state index in [1.54, 1.807) is 6.07 Å². The van der Waals surface area contributed by atoms with Crippen LogP contribution in [0.4, 0.5) is 4.39 Å². The van der Waals surface area contributed by atoms with E-state index < -0.39 is 0 Å². The minimum absolute atomic E-state index is 0.129. The summed E-state index contributed by atoms with van der Waals surface area (Å²) in [5, 5.41) is 3.14.